The number of aromatic nitrogens is 3. The quantitative estimate of drug-likeness (QED) is 0.107. The molecule has 0 spiro atoms. The molecule has 2 aromatic carbocycles. The summed E-state index contributed by atoms with van der Waals surface area (Å²) in [5.41, 5.74) is 8.10. The van der Waals surface area contributed by atoms with Crippen LogP contribution in [0.2, 0.25) is 0 Å². The smallest absolute Gasteiger partial charge is 0.264 e. The van der Waals surface area contributed by atoms with E-state index in [1.807, 2.05) is 16.8 Å². The third kappa shape index (κ3) is 6.61. The first kappa shape index (κ1) is 32.7. The van der Waals surface area contributed by atoms with E-state index in [0.29, 0.717) is 32.0 Å². The first-order valence-electron chi connectivity index (χ1n) is 16.0. The molecule has 3 aliphatic rings. The van der Waals surface area contributed by atoms with Crippen LogP contribution in [-0.4, -0.2) is 74.3 Å². The van der Waals surface area contributed by atoms with Gasteiger partial charge in [0.05, 0.1) is 17.7 Å². The van der Waals surface area contributed by atoms with Crippen molar-refractivity contribution in [2.24, 2.45) is 5.90 Å². The molecule has 7 rings (SSSR count). The molecule has 1 aliphatic carbocycles. The third-order valence-electron chi connectivity index (χ3n) is 8.83. The first-order valence-corrected chi connectivity index (χ1v) is 16.0. The van der Waals surface area contributed by atoms with Crippen molar-refractivity contribution >= 4 is 29.3 Å². The molecular weight excluding hydrogens is 614 g/mol. The van der Waals surface area contributed by atoms with E-state index in [2.05, 4.69) is 45.9 Å². The molecule has 13 nitrogen and oxygen atoms in total. The first-order chi connectivity index (χ1) is 23.5. The molecule has 2 aromatic heterocycles. The lowest BCUT2D eigenvalue weighted by Crippen LogP contribution is -2.54. The third-order valence-corrected chi connectivity index (χ3v) is 8.83. The normalized spacial score (nSPS) is 16.7. The molecular formula is C35H37N7O6. The maximum atomic E-state index is 13.3. The highest BCUT2D eigenvalue weighted by molar-refractivity contribution is 6.25. The van der Waals surface area contributed by atoms with Crippen LogP contribution in [-0.2, 0) is 33.7 Å². The van der Waals surface area contributed by atoms with E-state index in [0.717, 1.165) is 41.0 Å². The minimum Gasteiger partial charge on any atom is -0.382 e. The number of benzene rings is 2. The molecule has 2 aliphatic heterocycles. The highest BCUT2D eigenvalue weighted by Gasteiger charge is 2.45. The molecule has 4 heterocycles. The fraction of sp³-hybridized carbons (Fsp3) is 0.314. The Bertz CT molecular complexity index is 1840. The number of imide groups is 2. The van der Waals surface area contributed by atoms with Crippen LogP contribution < -0.4 is 16.5 Å². The van der Waals surface area contributed by atoms with Gasteiger partial charge in [0.25, 0.3) is 11.8 Å². The average molecular weight is 652 g/mol. The monoisotopic (exact) mass is 651 g/mol. The van der Waals surface area contributed by atoms with Crippen molar-refractivity contribution in [2.45, 2.75) is 51.1 Å². The number of pyridine rings is 1. The van der Waals surface area contributed by atoms with Crippen LogP contribution in [0.4, 0.5) is 5.69 Å². The van der Waals surface area contributed by atoms with Gasteiger partial charge in [-0.3, -0.25) is 39.1 Å². The minimum atomic E-state index is -0.999. The van der Waals surface area contributed by atoms with Gasteiger partial charge in [-0.15, -0.1) is 0 Å². The Morgan fingerprint density at radius 2 is 1.73 bits per heavy atom. The topological polar surface area (TPSA) is 182 Å². The second kappa shape index (κ2) is 14.7. The summed E-state index contributed by atoms with van der Waals surface area (Å²) >= 11 is 0. The molecule has 4 aromatic rings. The zero-order valence-corrected chi connectivity index (χ0v) is 26.4. The number of rotatable bonds is 11. The Hall–Kier alpha value is -5.24. The molecule has 5 N–H and O–H groups in total. The molecule has 0 bridgehead atoms. The highest BCUT2D eigenvalue weighted by Crippen LogP contribution is 2.35. The molecule has 0 saturated carbocycles. The number of nitrogens with zero attached hydrogens (tertiary/aromatic N) is 4. The Morgan fingerprint density at radius 3 is 2.54 bits per heavy atom. The fourth-order valence-electron chi connectivity index (χ4n) is 6.56. The molecule has 1 unspecified atom stereocenters. The number of hydrogen-bond donors (Lipinski definition) is 4. The van der Waals surface area contributed by atoms with Crippen molar-refractivity contribution < 1.29 is 29.1 Å². The van der Waals surface area contributed by atoms with Crippen LogP contribution in [0.15, 0.2) is 67.1 Å². The standard InChI is InChI=1S/C35H34N6O5.H3NO/c42-30-11-10-29(33(43)38-30)41-34(44)26-6-2-7-28(31(26)35(41)45)37-16-19-46-18-3-17-40-21-27(32(39-40)23-12-14-36-15-13-23)25-9-8-22-4-1-5-24(22)20-25;1-2/h2,6-9,12-15,20-21,29,37H,1,3-5,10-11,16-19H2,(H,38,42,43);2H,1H2. The molecule has 0 radical (unpaired) electrons. The van der Waals surface area contributed by atoms with E-state index in [4.69, 9.17) is 15.0 Å². The van der Waals surface area contributed by atoms with Crippen molar-refractivity contribution in [3.8, 4) is 22.4 Å². The number of fused-ring (bicyclic) bond motifs is 2. The lowest BCUT2D eigenvalue weighted by atomic mass is 9.99. The van der Waals surface area contributed by atoms with E-state index in [-0.39, 0.29) is 24.0 Å². The van der Waals surface area contributed by atoms with E-state index >= 15 is 0 Å². The summed E-state index contributed by atoms with van der Waals surface area (Å²) < 4.78 is 7.86. The summed E-state index contributed by atoms with van der Waals surface area (Å²) in [6.45, 7) is 2.03. The molecule has 1 fully saturated rings. The number of nitrogens with one attached hydrogen (secondary N) is 2. The lowest BCUT2D eigenvalue weighted by Gasteiger charge is -2.27. The van der Waals surface area contributed by atoms with Crippen molar-refractivity contribution in [1.82, 2.24) is 25.0 Å². The fourth-order valence-corrected chi connectivity index (χ4v) is 6.56. The van der Waals surface area contributed by atoms with Gasteiger partial charge >= 0.3 is 0 Å². The number of aryl methyl sites for hydroxylation is 3. The van der Waals surface area contributed by atoms with Crippen LogP contribution in [0.1, 0.15) is 57.5 Å². The van der Waals surface area contributed by atoms with Crippen LogP contribution >= 0.6 is 0 Å². The van der Waals surface area contributed by atoms with Crippen molar-refractivity contribution in [3.63, 3.8) is 0 Å². The SMILES string of the molecule is NO.O=C1CCC(N2C(=O)c3cccc(NCCOCCCn4cc(-c5ccc6c(c5)CCC6)c(-c5ccncc5)n4)c3C2=O)C(=O)N1. The molecule has 1 saturated heterocycles. The summed E-state index contributed by atoms with van der Waals surface area (Å²) in [6.07, 6.45) is 10.1. The number of amides is 4. The van der Waals surface area contributed by atoms with Crippen molar-refractivity contribution in [2.75, 3.05) is 25.1 Å². The lowest BCUT2D eigenvalue weighted by molar-refractivity contribution is -0.136. The number of carbonyl (C=O) groups excluding carboxylic acids is 4. The van der Waals surface area contributed by atoms with Crippen molar-refractivity contribution in [1.29, 1.82) is 0 Å². The molecule has 248 valence electrons. The number of piperidine rings is 1. The maximum absolute atomic E-state index is 13.3. The highest BCUT2D eigenvalue weighted by atomic mass is 16.5. The minimum absolute atomic E-state index is 0.0777. The number of ether oxygens (including phenoxy) is 1. The zero-order chi connectivity index (χ0) is 33.6. The Labute approximate surface area is 277 Å². The maximum Gasteiger partial charge on any atom is 0.264 e. The summed E-state index contributed by atoms with van der Waals surface area (Å²) in [5, 5.41) is 16.9. The van der Waals surface area contributed by atoms with Crippen LogP contribution in [0.25, 0.3) is 22.4 Å². The van der Waals surface area contributed by atoms with Crippen LogP contribution in [0, 0.1) is 0 Å². The average Bonchev–Trinajstić information content (AvgIpc) is 3.82. The van der Waals surface area contributed by atoms with E-state index in [1.54, 1.807) is 30.6 Å². The van der Waals surface area contributed by atoms with Gasteiger partial charge in [-0.1, -0.05) is 24.3 Å². The zero-order valence-electron chi connectivity index (χ0n) is 26.4. The van der Waals surface area contributed by atoms with Crippen LogP contribution in [0.3, 0.4) is 0 Å². The van der Waals surface area contributed by atoms with Gasteiger partial charge in [-0.05, 0) is 73.1 Å². The predicted molar refractivity (Wildman–Crippen MR) is 176 cm³/mol. The number of carbonyl (C=O) groups is 4. The summed E-state index contributed by atoms with van der Waals surface area (Å²) in [7, 11) is 0. The number of hydrogen-bond acceptors (Lipinski definition) is 10. The second-order valence-corrected chi connectivity index (χ2v) is 11.8. The summed E-state index contributed by atoms with van der Waals surface area (Å²) in [4.78, 5) is 55.4. The van der Waals surface area contributed by atoms with Gasteiger partial charge in [0.1, 0.15) is 11.7 Å². The van der Waals surface area contributed by atoms with E-state index in [9.17, 15) is 19.2 Å². The predicted octanol–water partition coefficient (Wildman–Crippen LogP) is 3.36. The molecule has 4 amide bonds. The van der Waals surface area contributed by atoms with Crippen molar-refractivity contribution in [3.05, 3.63) is 89.4 Å². The Morgan fingerprint density at radius 1 is 0.917 bits per heavy atom. The Kier molecular flexibility index (Phi) is 9.99. The van der Waals surface area contributed by atoms with Gasteiger partial charge < -0.3 is 15.3 Å². The van der Waals surface area contributed by atoms with E-state index < -0.39 is 29.7 Å². The largest absolute Gasteiger partial charge is 0.382 e. The van der Waals surface area contributed by atoms with Crippen LogP contribution in [0.5, 0.6) is 0 Å². The van der Waals surface area contributed by atoms with Gasteiger partial charge in [0.15, 0.2) is 0 Å². The second-order valence-electron chi connectivity index (χ2n) is 11.8. The molecule has 48 heavy (non-hydrogen) atoms. The number of nitrogens with two attached hydrogens (primary N) is 1. The van der Waals surface area contributed by atoms with Gasteiger partial charge in [-0.25, -0.2) is 5.90 Å². The molecule has 13 heteroatoms. The van der Waals surface area contributed by atoms with Gasteiger partial charge in [0.2, 0.25) is 11.8 Å². The van der Waals surface area contributed by atoms with E-state index in [1.165, 1.54) is 23.1 Å². The summed E-state index contributed by atoms with van der Waals surface area (Å²) in [6, 6.07) is 14.7. The van der Waals surface area contributed by atoms with Gasteiger partial charge in [-0.2, -0.15) is 5.10 Å². The van der Waals surface area contributed by atoms with Gasteiger partial charge in [0, 0.05) is 61.5 Å². The summed E-state index contributed by atoms with van der Waals surface area (Å²) in [5.74, 6) is 1.40. The Balaban J connectivity index is 0.00000197. The molecule has 1 atom stereocenters. The number of anilines is 1.